The molecule has 4 heteroatoms. The fourth-order valence-corrected chi connectivity index (χ4v) is 3.56. The van der Waals surface area contributed by atoms with E-state index in [-0.39, 0.29) is 6.04 Å². The van der Waals surface area contributed by atoms with Crippen molar-refractivity contribution < 1.29 is 8.78 Å². The van der Waals surface area contributed by atoms with Gasteiger partial charge in [-0.25, -0.2) is 8.78 Å². The maximum absolute atomic E-state index is 13.1. The summed E-state index contributed by atoms with van der Waals surface area (Å²) in [7, 11) is 0. The zero-order valence-corrected chi connectivity index (χ0v) is 11.0. The lowest BCUT2D eigenvalue weighted by Crippen LogP contribution is -2.34. The van der Waals surface area contributed by atoms with Crippen LogP contribution in [0.2, 0.25) is 0 Å². The van der Waals surface area contributed by atoms with Crippen molar-refractivity contribution in [1.82, 2.24) is 4.90 Å². The molecule has 1 aliphatic carbocycles. The maximum Gasteiger partial charge on any atom is 0.126 e. The summed E-state index contributed by atoms with van der Waals surface area (Å²) >= 11 is 0. The van der Waals surface area contributed by atoms with E-state index >= 15 is 0 Å². The van der Waals surface area contributed by atoms with Gasteiger partial charge in [-0.05, 0) is 49.3 Å². The number of nitrogens with two attached hydrogens (primary N) is 1. The van der Waals surface area contributed by atoms with Crippen LogP contribution < -0.4 is 5.73 Å². The van der Waals surface area contributed by atoms with Crippen molar-refractivity contribution in [3.63, 3.8) is 0 Å². The molecule has 0 amide bonds. The molecule has 1 heterocycles. The second kappa shape index (κ2) is 5.17. The highest BCUT2D eigenvalue weighted by Gasteiger charge is 2.37. The van der Waals surface area contributed by atoms with Crippen molar-refractivity contribution in [2.75, 3.05) is 13.1 Å². The zero-order valence-electron chi connectivity index (χ0n) is 11.0. The molecule has 2 bridgehead atoms. The van der Waals surface area contributed by atoms with Gasteiger partial charge in [-0.15, -0.1) is 0 Å². The van der Waals surface area contributed by atoms with E-state index in [2.05, 4.69) is 4.90 Å². The molecule has 104 valence electrons. The summed E-state index contributed by atoms with van der Waals surface area (Å²) in [5, 5.41) is 0. The number of fused-ring (bicyclic) bond motifs is 2. The first-order chi connectivity index (χ1) is 9.11. The number of piperidine rings is 1. The van der Waals surface area contributed by atoms with Gasteiger partial charge < -0.3 is 10.6 Å². The average Bonchev–Trinajstić information content (AvgIpc) is 2.96. The summed E-state index contributed by atoms with van der Waals surface area (Å²) in [5.41, 5.74) is 6.61. The Morgan fingerprint density at radius 3 is 2.53 bits per heavy atom. The molecule has 1 aliphatic heterocycles. The van der Waals surface area contributed by atoms with Crippen LogP contribution in [0.4, 0.5) is 8.78 Å². The summed E-state index contributed by atoms with van der Waals surface area (Å²) in [6.07, 6.45) is 4.74. The molecule has 3 unspecified atom stereocenters. The van der Waals surface area contributed by atoms with E-state index in [0.717, 1.165) is 31.0 Å². The van der Waals surface area contributed by atoms with Crippen LogP contribution in [0.25, 0.3) is 0 Å². The van der Waals surface area contributed by atoms with Crippen LogP contribution in [0.3, 0.4) is 0 Å². The molecule has 1 saturated heterocycles. The van der Waals surface area contributed by atoms with Crippen LogP contribution in [0.5, 0.6) is 0 Å². The Balaban J connectivity index is 1.57. The molecule has 1 aromatic rings. The van der Waals surface area contributed by atoms with Crippen LogP contribution in [0, 0.1) is 17.6 Å². The van der Waals surface area contributed by atoms with Gasteiger partial charge in [-0.3, -0.25) is 0 Å². The highest BCUT2D eigenvalue weighted by Crippen LogP contribution is 2.37. The summed E-state index contributed by atoms with van der Waals surface area (Å²) in [6.45, 7) is 2.11. The molecule has 1 saturated carbocycles. The molecule has 2 nitrogen and oxygen atoms in total. The predicted molar refractivity (Wildman–Crippen MR) is 70.6 cm³/mol. The minimum Gasteiger partial charge on any atom is -0.324 e. The largest absolute Gasteiger partial charge is 0.324 e. The van der Waals surface area contributed by atoms with Gasteiger partial charge in [0.1, 0.15) is 11.6 Å². The van der Waals surface area contributed by atoms with Crippen molar-refractivity contribution in [3.8, 4) is 0 Å². The lowest BCUT2D eigenvalue weighted by Gasteiger charge is -2.27. The van der Waals surface area contributed by atoms with Gasteiger partial charge in [0.05, 0.1) is 0 Å². The van der Waals surface area contributed by atoms with E-state index in [1.807, 2.05) is 0 Å². The Morgan fingerprint density at radius 2 is 1.95 bits per heavy atom. The van der Waals surface area contributed by atoms with Crippen molar-refractivity contribution in [2.24, 2.45) is 11.7 Å². The third kappa shape index (κ3) is 2.79. The minimum absolute atomic E-state index is 0.288. The van der Waals surface area contributed by atoms with Crippen LogP contribution in [0.15, 0.2) is 18.2 Å². The van der Waals surface area contributed by atoms with Crippen molar-refractivity contribution >= 4 is 0 Å². The first kappa shape index (κ1) is 13.0. The van der Waals surface area contributed by atoms with E-state index < -0.39 is 11.6 Å². The first-order valence-corrected chi connectivity index (χ1v) is 7.07. The van der Waals surface area contributed by atoms with Crippen LogP contribution in [0.1, 0.15) is 37.3 Å². The number of halogens is 2. The van der Waals surface area contributed by atoms with Crippen molar-refractivity contribution in [2.45, 2.75) is 37.8 Å². The summed E-state index contributed by atoms with van der Waals surface area (Å²) in [6, 6.07) is 3.99. The van der Waals surface area contributed by atoms with E-state index in [1.54, 1.807) is 0 Å². The summed E-state index contributed by atoms with van der Waals surface area (Å²) in [5.74, 6) is -0.232. The molecule has 1 aromatic carbocycles. The number of hydrogen-bond donors (Lipinski definition) is 1. The Labute approximate surface area is 112 Å². The molecule has 0 aromatic heterocycles. The highest BCUT2D eigenvalue weighted by molar-refractivity contribution is 5.21. The second-order valence-corrected chi connectivity index (χ2v) is 5.93. The molecule has 0 radical (unpaired) electrons. The molecular formula is C15H20F2N2. The average molecular weight is 266 g/mol. The first-order valence-electron chi connectivity index (χ1n) is 7.07. The third-order valence-corrected chi connectivity index (χ3v) is 4.56. The Morgan fingerprint density at radius 1 is 1.21 bits per heavy atom. The van der Waals surface area contributed by atoms with Gasteiger partial charge in [0.2, 0.25) is 0 Å². The third-order valence-electron chi connectivity index (χ3n) is 4.56. The van der Waals surface area contributed by atoms with Gasteiger partial charge in [-0.1, -0.05) is 0 Å². The molecular weight excluding hydrogens is 246 g/mol. The topological polar surface area (TPSA) is 29.3 Å². The van der Waals surface area contributed by atoms with E-state index in [4.69, 9.17) is 5.73 Å². The van der Waals surface area contributed by atoms with Crippen molar-refractivity contribution in [3.05, 3.63) is 35.4 Å². The van der Waals surface area contributed by atoms with E-state index in [1.165, 1.54) is 37.9 Å². The lowest BCUT2D eigenvalue weighted by atomic mass is 10.0. The fourth-order valence-electron chi connectivity index (χ4n) is 3.56. The van der Waals surface area contributed by atoms with Crippen LogP contribution >= 0.6 is 0 Å². The van der Waals surface area contributed by atoms with Gasteiger partial charge >= 0.3 is 0 Å². The number of benzene rings is 1. The molecule has 3 rings (SSSR count). The smallest absolute Gasteiger partial charge is 0.126 e. The molecule has 0 spiro atoms. The van der Waals surface area contributed by atoms with Gasteiger partial charge in [-0.2, -0.15) is 0 Å². The monoisotopic (exact) mass is 266 g/mol. The molecule has 2 aliphatic rings. The molecule has 2 N–H and O–H groups in total. The normalized spacial score (nSPS) is 27.9. The Kier molecular flexibility index (Phi) is 3.54. The fraction of sp³-hybridized carbons (Fsp3) is 0.600. The minimum atomic E-state index is -0.550. The maximum atomic E-state index is 13.1. The number of hydrogen-bond acceptors (Lipinski definition) is 2. The molecule has 2 fully saturated rings. The molecule has 3 atom stereocenters. The predicted octanol–water partition coefficient (Wildman–Crippen LogP) is 2.84. The van der Waals surface area contributed by atoms with Crippen LogP contribution in [-0.2, 0) is 0 Å². The van der Waals surface area contributed by atoms with Gasteiger partial charge in [0.15, 0.2) is 0 Å². The van der Waals surface area contributed by atoms with Crippen molar-refractivity contribution in [1.29, 1.82) is 0 Å². The number of rotatable bonds is 4. The Hall–Kier alpha value is -1.00. The lowest BCUT2D eigenvalue weighted by molar-refractivity contribution is 0.206. The number of likely N-dealkylation sites (tertiary alicyclic amines) is 1. The van der Waals surface area contributed by atoms with Crippen LogP contribution in [-0.4, -0.2) is 24.0 Å². The standard InChI is InChI=1S/C15H20F2N2/c16-12-6-11(7-13(17)8-12)15(18)3-4-19-9-10-1-2-14(19)5-10/h6-8,10,14-15H,1-5,9,18H2. The quantitative estimate of drug-likeness (QED) is 0.908. The van der Waals surface area contributed by atoms with E-state index in [0.29, 0.717) is 5.56 Å². The Bertz CT molecular complexity index is 443. The number of nitrogens with zero attached hydrogens (tertiary/aromatic N) is 1. The highest BCUT2D eigenvalue weighted by atomic mass is 19.1. The van der Waals surface area contributed by atoms with Gasteiger partial charge in [0.25, 0.3) is 0 Å². The van der Waals surface area contributed by atoms with E-state index in [9.17, 15) is 8.78 Å². The SMILES string of the molecule is NC(CCN1CC2CCC1C2)c1cc(F)cc(F)c1. The zero-order chi connectivity index (χ0) is 13.4. The van der Waals surface area contributed by atoms with Gasteiger partial charge in [0, 0.05) is 31.2 Å². The summed E-state index contributed by atoms with van der Waals surface area (Å²) in [4.78, 5) is 2.49. The summed E-state index contributed by atoms with van der Waals surface area (Å²) < 4.78 is 26.3. The molecule has 19 heavy (non-hydrogen) atoms. The second-order valence-electron chi connectivity index (χ2n) is 5.93.